The summed E-state index contributed by atoms with van der Waals surface area (Å²) < 4.78 is 2.66. The highest BCUT2D eigenvalue weighted by molar-refractivity contribution is 9.10. The second kappa shape index (κ2) is 5.16. The van der Waals surface area contributed by atoms with Crippen LogP contribution in [0.2, 0.25) is 5.02 Å². The van der Waals surface area contributed by atoms with Gasteiger partial charge in [-0.1, -0.05) is 33.6 Å². The fourth-order valence-electron chi connectivity index (χ4n) is 2.04. The molecule has 3 nitrogen and oxygen atoms in total. The van der Waals surface area contributed by atoms with Crippen molar-refractivity contribution in [3.05, 3.63) is 67.1 Å². The number of halogens is 2. The smallest absolute Gasteiger partial charge is 0.266 e. The molecule has 6 heteroatoms. The first-order valence-corrected chi connectivity index (χ1v) is 7.35. The highest BCUT2D eigenvalue weighted by Crippen LogP contribution is 2.18. The Morgan fingerprint density at radius 2 is 2.00 bits per heavy atom. The van der Waals surface area contributed by atoms with Gasteiger partial charge in [-0.25, -0.2) is 0 Å². The first-order chi connectivity index (χ1) is 9.56. The van der Waals surface area contributed by atoms with Crippen molar-refractivity contribution in [1.82, 2.24) is 9.55 Å². The molecule has 0 fully saturated rings. The van der Waals surface area contributed by atoms with Crippen molar-refractivity contribution in [3.8, 4) is 5.69 Å². The van der Waals surface area contributed by atoms with Crippen LogP contribution in [-0.4, -0.2) is 9.55 Å². The molecule has 100 valence electrons. The van der Waals surface area contributed by atoms with E-state index in [9.17, 15) is 4.79 Å². The minimum absolute atomic E-state index is 0.168. The van der Waals surface area contributed by atoms with E-state index in [0.717, 1.165) is 4.47 Å². The first kappa shape index (κ1) is 13.5. The van der Waals surface area contributed by atoms with E-state index in [0.29, 0.717) is 26.4 Å². The SMILES string of the molecule is O=c1c2ccc(Br)cc2[nH]c(=S)n1-c1cccc(Cl)c1. The number of hydrogen-bond donors (Lipinski definition) is 1. The summed E-state index contributed by atoms with van der Waals surface area (Å²) in [4.78, 5) is 15.7. The predicted octanol–water partition coefficient (Wildman–Crippen LogP) is 4.46. The van der Waals surface area contributed by atoms with Crippen molar-refractivity contribution < 1.29 is 0 Å². The molecular formula is C14H8BrClN2OS. The molecule has 0 aliphatic carbocycles. The monoisotopic (exact) mass is 366 g/mol. The number of aromatic nitrogens is 2. The third kappa shape index (κ3) is 2.32. The standard InChI is InChI=1S/C14H8BrClN2OS/c15-8-4-5-11-12(6-8)17-14(20)18(13(11)19)10-3-1-2-9(16)7-10/h1-7H,(H,17,20). The van der Waals surface area contributed by atoms with E-state index in [-0.39, 0.29) is 5.56 Å². The fraction of sp³-hybridized carbons (Fsp3) is 0. The van der Waals surface area contributed by atoms with Crippen LogP contribution in [0.3, 0.4) is 0 Å². The van der Waals surface area contributed by atoms with Gasteiger partial charge in [-0.3, -0.25) is 9.36 Å². The lowest BCUT2D eigenvalue weighted by Crippen LogP contribution is -2.20. The maximum Gasteiger partial charge on any atom is 0.266 e. The Morgan fingerprint density at radius 3 is 2.75 bits per heavy atom. The molecule has 1 aromatic heterocycles. The van der Waals surface area contributed by atoms with Gasteiger partial charge in [0, 0.05) is 9.50 Å². The molecule has 0 bridgehead atoms. The number of nitrogens with zero attached hydrogens (tertiary/aromatic N) is 1. The molecule has 0 aliphatic rings. The summed E-state index contributed by atoms with van der Waals surface area (Å²) in [6.45, 7) is 0. The Kier molecular flexibility index (Phi) is 3.50. The molecule has 20 heavy (non-hydrogen) atoms. The van der Waals surface area contributed by atoms with Gasteiger partial charge >= 0.3 is 0 Å². The molecule has 0 saturated heterocycles. The number of nitrogens with one attached hydrogen (secondary N) is 1. The zero-order valence-electron chi connectivity index (χ0n) is 10.1. The van der Waals surface area contributed by atoms with Crippen molar-refractivity contribution in [2.75, 3.05) is 0 Å². The van der Waals surface area contributed by atoms with Crippen LogP contribution in [0.4, 0.5) is 0 Å². The quantitative estimate of drug-likeness (QED) is 0.645. The van der Waals surface area contributed by atoms with Gasteiger partial charge in [-0.2, -0.15) is 0 Å². The maximum absolute atomic E-state index is 12.6. The third-order valence-electron chi connectivity index (χ3n) is 2.93. The van der Waals surface area contributed by atoms with Crippen LogP contribution in [0.25, 0.3) is 16.6 Å². The third-order valence-corrected chi connectivity index (χ3v) is 3.94. The average Bonchev–Trinajstić information content (AvgIpc) is 2.38. The molecule has 0 unspecified atom stereocenters. The summed E-state index contributed by atoms with van der Waals surface area (Å²) in [6.07, 6.45) is 0. The second-order valence-corrected chi connectivity index (χ2v) is 5.98. The maximum atomic E-state index is 12.6. The Bertz CT molecular complexity index is 932. The van der Waals surface area contributed by atoms with Gasteiger partial charge in [0.1, 0.15) is 0 Å². The van der Waals surface area contributed by atoms with Crippen LogP contribution >= 0.6 is 39.7 Å². The topological polar surface area (TPSA) is 37.8 Å². The molecule has 0 saturated carbocycles. The van der Waals surface area contributed by atoms with Gasteiger partial charge in [0.15, 0.2) is 4.77 Å². The van der Waals surface area contributed by atoms with E-state index in [1.165, 1.54) is 4.57 Å². The summed E-state index contributed by atoms with van der Waals surface area (Å²) in [5.41, 5.74) is 1.18. The van der Waals surface area contributed by atoms with Crippen molar-refractivity contribution in [2.45, 2.75) is 0 Å². The zero-order chi connectivity index (χ0) is 14.3. The lowest BCUT2D eigenvalue weighted by Gasteiger charge is -2.08. The minimum atomic E-state index is -0.168. The number of aromatic amines is 1. The lowest BCUT2D eigenvalue weighted by molar-refractivity contribution is 0.940. The molecule has 0 radical (unpaired) electrons. The van der Waals surface area contributed by atoms with Crippen LogP contribution in [0.1, 0.15) is 0 Å². The van der Waals surface area contributed by atoms with Crippen LogP contribution in [0, 0.1) is 4.77 Å². The van der Waals surface area contributed by atoms with E-state index in [4.69, 9.17) is 23.8 Å². The van der Waals surface area contributed by atoms with E-state index in [1.54, 1.807) is 30.3 Å². The van der Waals surface area contributed by atoms with Gasteiger partial charge in [0.25, 0.3) is 5.56 Å². The van der Waals surface area contributed by atoms with Gasteiger partial charge < -0.3 is 4.98 Å². The molecule has 0 amide bonds. The van der Waals surface area contributed by atoms with Crippen molar-refractivity contribution in [1.29, 1.82) is 0 Å². The Morgan fingerprint density at radius 1 is 1.20 bits per heavy atom. The highest BCUT2D eigenvalue weighted by atomic mass is 79.9. The molecule has 0 aliphatic heterocycles. The van der Waals surface area contributed by atoms with Gasteiger partial charge in [0.2, 0.25) is 0 Å². The van der Waals surface area contributed by atoms with Gasteiger partial charge in [-0.15, -0.1) is 0 Å². The van der Waals surface area contributed by atoms with Crippen LogP contribution in [0.15, 0.2) is 51.7 Å². The number of benzene rings is 2. The second-order valence-electron chi connectivity index (χ2n) is 4.24. The molecule has 1 heterocycles. The summed E-state index contributed by atoms with van der Waals surface area (Å²) in [5, 5.41) is 1.13. The summed E-state index contributed by atoms with van der Waals surface area (Å²) in [7, 11) is 0. The molecule has 0 spiro atoms. The predicted molar refractivity (Wildman–Crippen MR) is 87.4 cm³/mol. The van der Waals surface area contributed by atoms with Gasteiger partial charge in [-0.05, 0) is 48.6 Å². The molecular weight excluding hydrogens is 360 g/mol. The van der Waals surface area contributed by atoms with E-state index in [2.05, 4.69) is 20.9 Å². The van der Waals surface area contributed by atoms with Crippen LogP contribution < -0.4 is 5.56 Å². The Labute approximate surface area is 133 Å². The summed E-state index contributed by atoms with van der Waals surface area (Å²) >= 11 is 14.6. The van der Waals surface area contributed by atoms with Crippen molar-refractivity contribution in [2.24, 2.45) is 0 Å². The minimum Gasteiger partial charge on any atom is -0.331 e. The Balaban J connectivity index is 2.41. The van der Waals surface area contributed by atoms with E-state index >= 15 is 0 Å². The van der Waals surface area contributed by atoms with Crippen molar-refractivity contribution in [3.63, 3.8) is 0 Å². The number of rotatable bonds is 1. The summed E-state index contributed by atoms with van der Waals surface area (Å²) in [5.74, 6) is 0. The van der Waals surface area contributed by atoms with Crippen molar-refractivity contribution >= 4 is 50.7 Å². The van der Waals surface area contributed by atoms with E-state index < -0.39 is 0 Å². The normalized spacial score (nSPS) is 10.9. The lowest BCUT2D eigenvalue weighted by atomic mass is 10.2. The molecule has 3 aromatic rings. The Hall–Kier alpha value is -1.43. The number of hydrogen-bond acceptors (Lipinski definition) is 2. The fourth-order valence-corrected chi connectivity index (χ4v) is 2.88. The molecule has 1 N–H and O–H groups in total. The first-order valence-electron chi connectivity index (χ1n) is 5.77. The highest BCUT2D eigenvalue weighted by Gasteiger charge is 2.08. The average molecular weight is 368 g/mol. The largest absolute Gasteiger partial charge is 0.331 e. The molecule has 0 atom stereocenters. The molecule has 2 aromatic carbocycles. The van der Waals surface area contributed by atoms with Crippen LogP contribution in [-0.2, 0) is 0 Å². The van der Waals surface area contributed by atoms with Crippen LogP contribution in [0.5, 0.6) is 0 Å². The number of fused-ring (bicyclic) bond motifs is 1. The summed E-state index contributed by atoms with van der Waals surface area (Å²) in [6, 6.07) is 12.4. The van der Waals surface area contributed by atoms with E-state index in [1.807, 2.05) is 12.1 Å². The molecule has 3 rings (SSSR count). The number of H-pyrrole nitrogens is 1. The zero-order valence-corrected chi connectivity index (χ0v) is 13.2. The van der Waals surface area contributed by atoms with Gasteiger partial charge in [0.05, 0.1) is 16.6 Å².